The maximum atomic E-state index is 12.7. The van der Waals surface area contributed by atoms with Gasteiger partial charge in [0.15, 0.2) is 18.2 Å². The molecule has 424 valence electrons. The first-order chi connectivity index (χ1) is 35.6. The molecule has 0 radical (unpaired) electrons. The smallest absolute Gasteiger partial charge is 0.333 e. The largest absolute Gasteiger partial charge is 0.481 e. The Bertz CT molecular complexity index is 1970. The number of carbonyl (C=O) groups excluding carboxylic acids is 1. The van der Waals surface area contributed by atoms with Crippen LogP contribution in [0.15, 0.2) is 85.1 Å². The van der Waals surface area contributed by atoms with Crippen molar-refractivity contribution >= 4 is 17.8 Å². The summed E-state index contributed by atoms with van der Waals surface area (Å²) < 4.78 is 23.7. The molecule has 0 amide bonds. The average molecular weight is 1060 g/mol. The van der Waals surface area contributed by atoms with Crippen molar-refractivity contribution in [3.05, 3.63) is 85.1 Å². The van der Waals surface area contributed by atoms with Crippen molar-refractivity contribution in [2.45, 2.75) is 202 Å². The summed E-state index contributed by atoms with van der Waals surface area (Å²) in [6.07, 6.45) is 6.40. The van der Waals surface area contributed by atoms with Crippen molar-refractivity contribution in [2.75, 3.05) is 19.6 Å². The van der Waals surface area contributed by atoms with Crippen LogP contribution in [0.5, 0.6) is 0 Å². The second-order valence-corrected chi connectivity index (χ2v) is 20.8. The molecule has 4 heterocycles. The van der Waals surface area contributed by atoms with E-state index in [9.17, 15) is 70.9 Å². The minimum atomic E-state index is -2.36. The third kappa shape index (κ3) is 21.8. The Balaban J connectivity index is 1.58. The molecule has 13 N–H and O–H groups in total. The van der Waals surface area contributed by atoms with Gasteiger partial charge in [-0.1, -0.05) is 105 Å². The molecular weight excluding hydrogens is 977 g/mol. The highest BCUT2D eigenvalue weighted by Gasteiger charge is 2.52. The molecule has 2 bridgehead atoms. The lowest BCUT2D eigenvalue weighted by Gasteiger charge is -2.45. The van der Waals surface area contributed by atoms with Crippen molar-refractivity contribution in [2.24, 2.45) is 17.8 Å². The number of ether oxygens (including phenoxy) is 4. The number of cyclic esters (lactones) is 1. The number of hydrogen-bond acceptors (Lipinski definition) is 17. The first-order valence-corrected chi connectivity index (χ1v) is 26.5. The van der Waals surface area contributed by atoms with Gasteiger partial charge in [-0.15, -0.1) is 0 Å². The van der Waals surface area contributed by atoms with Gasteiger partial charge in [-0.2, -0.15) is 0 Å². The normalized spacial score (nSPS) is 42.7. The number of rotatable bonds is 7. The van der Waals surface area contributed by atoms with Gasteiger partial charge in [-0.05, 0) is 59.0 Å². The molecule has 0 spiro atoms. The van der Waals surface area contributed by atoms with Crippen LogP contribution in [0.2, 0.25) is 0 Å². The van der Waals surface area contributed by atoms with Gasteiger partial charge in [0.1, 0.15) is 18.1 Å². The molecule has 75 heavy (non-hydrogen) atoms. The summed E-state index contributed by atoms with van der Waals surface area (Å²) >= 11 is 0. The molecule has 0 aliphatic carbocycles. The molecule has 4 aliphatic heterocycles. The molecule has 3 fully saturated rings. The molecule has 0 unspecified atom stereocenters. The number of nitrogens with zero attached hydrogens (tertiary/aromatic N) is 1. The average Bonchev–Trinajstić information content (AvgIpc) is 3.34. The molecule has 4 aliphatic rings. The van der Waals surface area contributed by atoms with E-state index < -0.39 is 147 Å². The van der Waals surface area contributed by atoms with Gasteiger partial charge in [0.25, 0.3) is 0 Å². The number of carbonyl (C=O) groups is 2. The Morgan fingerprint density at radius 3 is 1.89 bits per heavy atom. The fourth-order valence-electron chi connectivity index (χ4n) is 9.82. The number of aliphatic hydroxyl groups is 11. The van der Waals surface area contributed by atoms with Crippen LogP contribution >= 0.6 is 0 Å². The number of aliphatic carboxylic acids is 1. The summed E-state index contributed by atoms with van der Waals surface area (Å²) in [5.41, 5.74) is 0. The van der Waals surface area contributed by atoms with Crippen LogP contribution in [-0.2, 0) is 28.5 Å². The fourth-order valence-corrected chi connectivity index (χ4v) is 9.82. The van der Waals surface area contributed by atoms with E-state index >= 15 is 0 Å². The topological polar surface area (TPSA) is 331 Å². The molecule has 0 saturated carbocycles. The summed E-state index contributed by atoms with van der Waals surface area (Å²) in [5.74, 6) is -7.07. The van der Waals surface area contributed by atoms with Crippen LogP contribution in [0.4, 0.5) is 0 Å². The lowest BCUT2D eigenvalue weighted by molar-refractivity contribution is -0.558. The van der Waals surface area contributed by atoms with Gasteiger partial charge in [-0.25, -0.2) is 4.99 Å². The van der Waals surface area contributed by atoms with Gasteiger partial charge < -0.3 is 85.1 Å². The van der Waals surface area contributed by atoms with E-state index in [1.165, 1.54) is 6.08 Å². The van der Waals surface area contributed by atoms with Gasteiger partial charge in [0.2, 0.25) is 6.04 Å². The lowest BCUT2D eigenvalue weighted by Crippen LogP contribution is -2.89. The van der Waals surface area contributed by atoms with E-state index in [4.69, 9.17) is 18.9 Å². The minimum absolute atomic E-state index is 0.116. The van der Waals surface area contributed by atoms with Crippen LogP contribution < -0.4 is 4.99 Å². The van der Waals surface area contributed by atoms with Crippen LogP contribution in [0.25, 0.3) is 0 Å². The molecule has 0 aromatic carbocycles. The van der Waals surface area contributed by atoms with Crippen LogP contribution in [0.3, 0.4) is 0 Å². The number of allylic oxidation sites excluding steroid dienone is 12. The van der Waals surface area contributed by atoms with Gasteiger partial charge in [0.05, 0.1) is 73.9 Å². The molecule has 4 rings (SSSR count). The number of esters is 1. The number of hydrogen-bond donors (Lipinski definition) is 13. The Labute approximate surface area is 441 Å². The quantitative estimate of drug-likeness (QED) is 0.0947. The third-order valence-electron chi connectivity index (χ3n) is 14.4. The molecule has 20 nitrogen and oxygen atoms in total. The van der Waals surface area contributed by atoms with E-state index in [1.54, 1.807) is 75.5 Å². The highest BCUT2D eigenvalue weighted by atomic mass is 16.7. The predicted octanol–water partition coefficient (Wildman–Crippen LogP) is 0.666. The standard InChI is InChI=1S/C55H86N2O18/c1-34-20-16-13-11-9-7-5-6-8-10-12-14-17-21-41(74-54-52(68)49(51(67)37(4)73-54)56-46(64)24-27-57-25-18-15-19-26-57)31-45-48(53(69)70)44(63)33-55(71,75-45)32-40(60)29-43(62)42(61)23-22-38(58)28-39(59)30-47(65)72-36(3)35(2)50(34)66/h5-14,16-17,20-21,34-45,48-52,54,58-63,66-68,71H,15,18-19,22-33H2,1-4H3,(H,56,64)(H,69,70)/p+1/b6-5-,9-7-,10-8-,13-11-,14-12-,20-16-,21-17-/t34-,35-,36-,37+,38+,39+,40-,41-,42+,43+,44-,45-,48+,49-,50+,51+,52-,54-,55+/m0/s1. The van der Waals surface area contributed by atoms with E-state index in [1.807, 2.05) is 31.2 Å². The van der Waals surface area contributed by atoms with Crippen molar-refractivity contribution in [1.29, 1.82) is 0 Å². The van der Waals surface area contributed by atoms with Crippen LogP contribution in [-0.4, -0.2) is 201 Å². The van der Waals surface area contributed by atoms with Crippen molar-refractivity contribution in [1.82, 2.24) is 4.90 Å². The van der Waals surface area contributed by atoms with E-state index in [0.29, 0.717) is 6.54 Å². The number of piperidine rings is 1. The highest BCUT2D eigenvalue weighted by molar-refractivity contribution is 5.72. The summed E-state index contributed by atoms with van der Waals surface area (Å²) in [6.45, 7) is 9.15. The second-order valence-electron chi connectivity index (χ2n) is 20.8. The second kappa shape index (κ2) is 32.1. The summed E-state index contributed by atoms with van der Waals surface area (Å²) in [5, 5.41) is 132. The number of nitrogens with one attached hydrogen (secondary N) is 1. The van der Waals surface area contributed by atoms with E-state index in [-0.39, 0.29) is 43.9 Å². The van der Waals surface area contributed by atoms with Gasteiger partial charge >= 0.3 is 17.8 Å². The first-order valence-electron chi connectivity index (χ1n) is 26.5. The molecule has 20 heteroatoms. The molecule has 0 aromatic heterocycles. The molecule has 19 atom stereocenters. The van der Waals surface area contributed by atoms with Crippen LogP contribution in [0.1, 0.15) is 105 Å². The zero-order chi connectivity index (χ0) is 55.2. The minimum Gasteiger partial charge on any atom is -0.481 e. The number of carboxylic acid groups (broad SMARTS) is 1. The van der Waals surface area contributed by atoms with Gasteiger partial charge in [-0.3, -0.25) is 9.59 Å². The van der Waals surface area contributed by atoms with E-state index in [2.05, 4.69) is 9.89 Å². The Hall–Kier alpha value is -3.97. The SMILES string of the molecule is C[C@@H]1[C@H](O)[C@@H](C)\C=C/C=C\C=C/C=C\C=C/C=C\C=C/[C@H](O[C@@H]2O[C@H](C)[C@@H](O)[C@H]([NH+]=C(O)CCN3CCCCC3)[C@@H]2O)C[C@@H]2O[C@](O)(C[C@@H](O)C[C@@H](O)[C@H](O)CC[C@@H](O)C[C@@H](O)CC(=O)O[C@H]1C)C[C@H](O)[C@H]2C(=O)O. The van der Waals surface area contributed by atoms with E-state index in [0.717, 1.165) is 32.4 Å². The molecular formula is C55H87N2O18+. The Morgan fingerprint density at radius 2 is 1.28 bits per heavy atom. The number of carboxylic acids is 1. The summed E-state index contributed by atoms with van der Waals surface area (Å²) in [6, 6.07) is -1.15. The highest BCUT2D eigenvalue weighted by Crippen LogP contribution is 2.38. The van der Waals surface area contributed by atoms with Crippen molar-refractivity contribution < 1.29 is 94.8 Å². The van der Waals surface area contributed by atoms with Crippen molar-refractivity contribution in [3.8, 4) is 0 Å². The molecule has 0 aromatic rings. The van der Waals surface area contributed by atoms with Crippen LogP contribution in [0, 0.1) is 17.8 Å². The zero-order valence-corrected chi connectivity index (χ0v) is 43.8. The number of likely N-dealkylation sites (tertiary alicyclic amines) is 1. The summed E-state index contributed by atoms with van der Waals surface area (Å²) in [7, 11) is 0. The maximum absolute atomic E-state index is 12.7. The number of fused-ring (bicyclic) bond motifs is 2. The number of aliphatic hydroxyl groups excluding tert-OH is 10. The Kier molecular flexibility index (Phi) is 27.2. The maximum Gasteiger partial charge on any atom is 0.333 e. The fraction of sp³-hybridized carbons (Fsp3) is 0.691. The predicted molar refractivity (Wildman–Crippen MR) is 276 cm³/mol. The first kappa shape index (κ1) is 63.6. The summed E-state index contributed by atoms with van der Waals surface area (Å²) in [4.78, 5) is 30.5. The lowest BCUT2D eigenvalue weighted by atomic mass is 9.82. The Morgan fingerprint density at radius 1 is 0.680 bits per heavy atom. The third-order valence-corrected chi connectivity index (χ3v) is 14.4. The van der Waals surface area contributed by atoms with Crippen molar-refractivity contribution in [3.63, 3.8) is 0 Å². The molecule has 3 saturated heterocycles. The monoisotopic (exact) mass is 1060 g/mol. The van der Waals surface area contributed by atoms with Gasteiger partial charge in [0, 0.05) is 44.1 Å². The zero-order valence-electron chi connectivity index (χ0n) is 43.8.